The number of nitrogens with zero attached hydrogens (tertiary/aromatic N) is 3. The maximum absolute atomic E-state index is 12.5. The number of aromatic amines is 1. The number of hydrogen-bond donors (Lipinski definition) is 1. The van der Waals surface area contributed by atoms with Crippen molar-refractivity contribution in [2.24, 2.45) is 0 Å². The third kappa shape index (κ3) is 3.24. The molecule has 1 N–H and O–H groups in total. The van der Waals surface area contributed by atoms with E-state index in [0.717, 1.165) is 29.4 Å². The van der Waals surface area contributed by atoms with Crippen molar-refractivity contribution in [2.45, 2.75) is 25.3 Å². The van der Waals surface area contributed by atoms with Gasteiger partial charge in [-0.1, -0.05) is 11.6 Å². The Balaban J connectivity index is 1.46. The summed E-state index contributed by atoms with van der Waals surface area (Å²) < 4.78 is 1.80. The molecule has 0 radical (unpaired) electrons. The minimum atomic E-state index is -0.121. The van der Waals surface area contributed by atoms with Gasteiger partial charge in [0.15, 0.2) is 0 Å². The minimum absolute atomic E-state index is 0.0856. The van der Waals surface area contributed by atoms with E-state index in [2.05, 4.69) is 9.97 Å². The SMILES string of the molecule is O=C(Cc1ccncc1)N1CCC(n2c(=O)[nH]c3cc(Cl)ccc32)CC1. The molecule has 1 fully saturated rings. The lowest BCUT2D eigenvalue weighted by Gasteiger charge is -2.32. The van der Waals surface area contributed by atoms with Crippen LogP contribution in [0.3, 0.4) is 0 Å². The number of likely N-dealkylation sites (tertiary alicyclic amines) is 1. The lowest BCUT2D eigenvalue weighted by atomic mass is 10.0. The van der Waals surface area contributed by atoms with Gasteiger partial charge in [0, 0.05) is 36.5 Å². The van der Waals surface area contributed by atoms with Gasteiger partial charge in [-0.05, 0) is 48.7 Å². The summed E-state index contributed by atoms with van der Waals surface area (Å²) in [6, 6.07) is 9.24. The maximum Gasteiger partial charge on any atom is 0.326 e. The first-order valence-electron chi connectivity index (χ1n) is 8.68. The van der Waals surface area contributed by atoms with E-state index in [-0.39, 0.29) is 17.6 Å². The van der Waals surface area contributed by atoms with E-state index in [9.17, 15) is 9.59 Å². The molecule has 1 aliphatic heterocycles. The second-order valence-electron chi connectivity index (χ2n) is 6.61. The Labute approximate surface area is 155 Å². The van der Waals surface area contributed by atoms with Crippen molar-refractivity contribution in [3.63, 3.8) is 0 Å². The van der Waals surface area contributed by atoms with Gasteiger partial charge in [-0.2, -0.15) is 0 Å². The molecular weight excluding hydrogens is 352 g/mol. The Morgan fingerprint density at radius 2 is 1.92 bits per heavy atom. The number of amides is 1. The van der Waals surface area contributed by atoms with Gasteiger partial charge >= 0.3 is 5.69 Å². The van der Waals surface area contributed by atoms with Crippen LogP contribution >= 0.6 is 11.6 Å². The van der Waals surface area contributed by atoms with Crippen LogP contribution in [0, 0.1) is 0 Å². The molecule has 4 rings (SSSR count). The molecule has 1 aromatic carbocycles. The molecule has 1 aliphatic rings. The highest BCUT2D eigenvalue weighted by Gasteiger charge is 2.26. The number of piperidine rings is 1. The van der Waals surface area contributed by atoms with Gasteiger partial charge in [-0.25, -0.2) is 4.79 Å². The van der Waals surface area contributed by atoms with Gasteiger partial charge in [0.05, 0.1) is 17.5 Å². The number of fused-ring (bicyclic) bond motifs is 1. The summed E-state index contributed by atoms with van der Waals surface area (Å²) in [6.07, 6.45) is 5.31. The zero-order chi connectivity index (χ0) is 18.1. The van der Waals surface area contributed by atoms with Crippen molar-refractivity contribution in [1.82, 2.24) is 19.4 Å². The zero-order valence-electron chi connectivity index (χ0n) is 14.2. The van der Waals surface area contributed by atoms with E-state index < -0.39 is 0 Å². The number of imidazole rings is 1. The van der Waals surface area contributed by atoms with Crippen molar-refractivity contribution < 1.29 is 4.79 Å². The molecule has 0 bridgehead atoms. The summed E-state index contributed by atoms with van der Waals surface area (Å²) in [5.74, 6) is 0.118. The minimum Gasteiger partial charge on any atom is -0.342 e. The maximum atomic E-state index is 12.5. The summed E-state index contributed by atoms with van der Waals surface area (Å²) >= 11 is 6.01. The molecule has 1 saturated heterocycles. The highest BCUT2D eigenvalue weighted by Crippen LogP contribution is 2.26. The first-order chi connectivity index (χ1) is 12.6. The largest absolute Gasteiger partial charge is 0.342 e. The topological polar surface area (TPSA) is 71.0 Å². The lowest BCUT2D eigenvalue weighted by molar-refractivity contribution is -0.131. The molecule has 6 nitrogen and oxygen atoms in total. The third-order valence-electron chi connectivity index (χ3n) is 4.97. The van der Waals surface area contributed by atoms with Crippen LogP contribution in [0.2, 0.25) is 5.02 Å². The van der Waals surface area contributed by atoms with Crippen LogP contribution in [0.15, 0.2) is 47.5 Å². The molecule has 0 aliphatic carbocycles. The number of carbonyl (C=O) groups is 1. The fourth-order valence-electron chi connectivity index (χ4n) is 3.63. The number of H-pyrrole nitrogens is 1. The Hall–Kier alpha value is -2.60. The summed E-state index contributed by atoms with van der Waals surface area (Å²) in [5.41, 5.74) is 2.46. The highest BCUT2D eigenvalue weighted by molar-refractivity contribution is 6.31. The molecule has 2 aromatic heterocycles. The first kappa shape index (κ1) is 16.8. The van der Waals surface area contributed by atoms with Crippen molar-refractivity contribution in [3.8, 4) is 0 Å². The van der Waals surface area contributed by atoms with Crippen molar-refractivity contribution in [3.05, 3.63) is 63.8 Å². The van der Waals surface area contributed by atoms with Crippen LogP contribution in [0.4, 0.5) is 0 Å². The summed E-state index contributed by atoms with van der Waals surface area (Å²) in [7, 11) is 0. The normalized spacial score (nSPS) is 15.5. The van der Waals surface area contributed by atoms with Gasteiger partial charge in [0.2, 0.25) is 5.91 Å². The van der Waals surface area contributed by atoms with E-state index in [1.165, 1.54) is 0 Å². The van der Waals surface area contributed by atoms with E-state index in [4.69, 9.17) is 11.6 Å². The molecule has 0 unspecified atom stereocenters. The zero-order valence-corrected chi connectivity index (χ0v) is 14.9. The predicted molar refractivity (Wildman–Crippen MR) is 100 cm³/mol. The summed E-state index contributed by atoms with van der Waals surface area (Å²) in [4.78, 5) is 33.6. The van der Waals surface area contributed by atoms with E-state index in [0.29, 0.717) is 24.5 Å². The number of halogens is 1. The highest BCUT2D eigenvalue weighted by atomic mass is 35.5. The van der Waals surface area contributed by atoms with Crippen LogP contribution in [0.1, 0.15) is 24.4 Å². The standard InChI is InChI=1S/C19H19ClN4O2/c20-14-1-2-17-16(12-14)22-19(26)24(17)15-5-9-23(10-6-15)18(25)11-13-3-7-21-8-4-13/h1-4,7-8,12,15H,5-6,9-11H2,(H,22,26). The van der Waals surface area contributed by atoms with Crippen LogP contribution in [-0.2, 0) is 11.2 Å². The first-order valence-corrected chi connectivity index (χ1v) is 9.06. The van der Waals surface area contributed by atoms with E-state index in [1.807, 2.05) is 23.1 Å². The molecule has 0 saturated carbocycles. The van der Waals surface area contributed by atoms with Crippen LogP contribution in [0.25, 0.3) is 11.0 Å². The number of carbonyl (C=O) groups excluding carboxylic acids is 1. The Bertz CT molecular complexity index is 988. The number of pyridine rings is 1. The molecule has 1 amide bonds. The average molecular weight is 371 g/mol. The predicted octanol–water partition coefficient (Wildman–Crippen LogP) is 2.78. The van der Waals surface area contributed by atoms with Gasteiger partial charge in [-0.3, -0.25) is 14.3 Å². The number of aromatic nitrogens is 3. The van der Waals surface area contributed by atoms with Gasteiger partial charge in [0.1, 0.15) is 0 Å². The number of hydrogen-bond acceptors (Lipinski definition) is 3. The summed E-state index contributed by atoms with van der Waals surface area (Å²) in [6.45, 7) is 1.31. The second kappa shape index (κ2) is 6.96. The molecule has 3 heterocycles. The molecule has 7 heteroatoms. The third-order valence-corrected chi connectivity index (χ3v) is 5.20. The van der Waals surface area contributed by atoms with E-state index in [1.54, 1.807) is 29.1 Å². The van der Waals surface area contributed by atoms with E-state index >= 15 is 0 Å². The van der Waals surface area contributed by atoms with Crippen LogP contribution in [0.5, 0.6) is 0 Å². The number of nitrogens with one attached hydrogen (secondary N) is 1. The molecule has 0 spiro atoms. The smallest absolute Gasteiger partial charge is 0.326 e. The quantitative estimate of drug-likeness (QED) is 0.770. The fourth-order valence-corrected chi connectivity index (χ4v) is 3.80. The van der Waals surface area contributed by atoms with Crippen molar-refractivity contribution in [1.29, 1.82) is 0 Å². The molecule has 134 valence electrons. The van der Waals surface area contributed by atoms with Gasteiger partial charge in [-0.15, -0.1) is 0 Å². The fraction of sp³-hybridized carbons (Fsp3) is 0.316. The Kier molecular flexibility index (Phi) is 4.51. The average Bonchev–Trinajstić information content (AvgIpc) is 2.97. The molecular formula is C19H19ClN4O2. The molecule has 3 aromatic rings. The lowest BCUT2D eigenvalue weighted by Crippen LogP contribution is -2.41. The number of benzene rings is 1. The van der Waals surface area contributed by atoms with Crippen molar-refractivity contribution in [2.75, 3.05) is 13.1 Å². The van der Waals surface area contributed by atoms with Crippen LogP contribution in [-0.4, -0.2) is 38.4 Å². The molecule has 26 heavy (non-hydrogen) atoms. The Morgan fingerprint density at radius 1 is 1.19 bits per heavy atom. The van der Waals surface area contributed by atoms with Gasteiger partial charge in [0.25, 0.3) is 0 Å². The second-order valence-corrected chi connectivity index (χ2v) is 7.04. The monoisotopic (exact) mass is 370 g/mol. The molecule has 0 atom stereocenters. The summed E-state index contributed by atoms with van der Waals surface area (Å²) in [5, 5.41) is 0.599. The Morgan fingerprint density at radius 3 is 2.65 bits per heavy atom. The van der Waals surface area contributed by atoms with Crippen molar-refractivity contribution >= 4 is 28.5 Å². The number of rotatable bonds is 3. The van der Waals surface area contributed by atoms with Gasteiger partial charge < -0.3 is 9.88 Å². The van der Waals surface area contributed by atoms with Crippen LogP contribution < -0.4 is 5.69 Å².